The first-order valence-electron chi connectivity index (χ1n) is 6.72. The van der Waals surface area contributed by atoms with Gasteiger partial charge in [-0.15, -0.1) is 11.6 Å². The van der Waals surface area contributed by atoms with Gasteiger partial charge in [0, 0.05) is 24.0 Å². The molecule has 1 fully saturated rings. The van der Waals surface area contributed by atoms with Crippen LogP contribution in [0.3, 0.4) is 0 Å². The van der Waals surface area contributed by atoms with Crippen molar-refractivity contribution in [1.82, 2.24) is 4.98 Å². The molecule has 0 N–H and O–H groups in total. The van der Waals surface area contributed by atoms with Crippen LogP contribution in [0.4, 0.5) is 0 Å². The van der Waals surface area contributed by atoms with Crippen LogP contribution >= 0.6 is 11.6 Å². The van der Waals surface area contributed by atoms with E-state index < -0.39 is 0 Å². The fourth-order valence-electron chi connectivity index (χ4n) is 1.80. The standard InChI is InChI=1S/C15H19BClNO2/c1-14(2)15(3,4)20-16(19-14)12-8-9-13(18-11-12)7-5-6-10-17/h8-9,11H,6,10H2,1-4H3. The van der Waals surface area contributed by atoms with Crippen molar-refractivity contribution in [2.24, 2.45) is 0 Å². The van der Waals surface area contributed by atoms with Crippen LogP contribution in [0.1, 0.15) is 39.8 Å². The third-order valence-electron chi connectivity index (χ3n) is 3.75. The van der Waals surface area contributed by atoms with Gasteiger partial charge >= 0.3 is 7.12 Å². The molecule has 0 spiro atoms. The Morgan fingerprint density at radius 3 is 2.35 bits per heavy atom. The molecule has 0 bridgehead atoms. The van der Waals surface area contributed by atoms with Gasteiger partial charge in [0.15, 0.2) is 0 Å². The summed E-state index contributed by atoms with van der Waals surface area (Å²) in [6.07, 6.45) is 2.43. The normalized spacial score (nSPS) is 19.6. The average molecular weight is 292 g/mol. The van der Waals surface area contributed by atoms with Crippen LogP contribution in [0, 0.1) is 11.8 Å². The molecule has 5 heteroatoms. The van der Waals surface area contributed by atoms with E-state index in [-0.39, 0.29) is 18.3 Å². The SMILES string of the molecule is CC1(C)OB(c2ccc(C#CCCCl)nc2)OC1(C)C. The number of halogens is 1. The fourth-order valence-corrected chi connectivity index (χ4v) is 1.89. The third kappa shape index (κ3) is 3.17. The summed E-state index contributed by atoms with van der Waals surface area (Å²) in [4.78, 5) is 4.31. The molecule has 0 atom stereocenters. The lowest BCUT2D eigenvalue weighted by atomic mass is 9.80. The molecule has 1 aliphatic rings. The molecule has 1 aromatic rings. The summed E-state index contributed by atoms with van der Waals surface area (Å²) < 4.78 is 11.9. The highest BCUT2D eigenvalue weighted by atomic mass is 35.5. The van der Waals surface area contributed by atoms with Gasteiger partial charge in [-0.2, -0.15) is 0 Å². The minimum Gasteiger partial charge on any atom is -0.399 e. The lowest BCUT2D eigenvalue weighted by Gasteiger charge is -2.32. The van der Waals surface area contributed by atoms with E-state index in [9.17, 15) is 0 Å². The van der Waals surface area contributed by atoms with Crippen molar-refractivity contribution in [3.63, 3.8) is 0 Å². The monoisotopic (exact) mass is 291 g/mol. The number of hydrogen-bond donors (Lipinski definition) is 0. The molecule has 1 aliphatic heterocycles. The Morgan fingerprint density at radius 2 is 1.85 bits per heavy atom. The highest BCUT2D eigenvalue weighted by Gasteiger charge is 2.51. The molecule has 1 aromatic heterocycles. The summed E-state index contributed by atoms with van der Waals surface area (Å²) in [6, 6.07) is 3.82. The first kappa shape index (κ1) is 15.4. The molecule has 1 saturated heterocycles. The Bertz CT molecular complexity index is 515. The van der Waals surface area contributed by atoms with Crippen LogP contribution in [-0.2, 0) is 9.31 Å². The van der Waals surface area contributed by atoms with Gasteiger partial charge in [0.2, 0.25) is 0 Å². The summed E-state index contributed by atoms with van der Waals surface area (Å²) >= 11 is 5.58. The number of alkyl halides is 1. The van der Waals surface area contributed by atoms with Crippen LogP contribution in [0.2, 0.25) is 0 Å². The molecule has 0 amide bonds. The third-order valence-corrected chi connectivity index (χ3v) is 3.94. The van der Waals surface area contributed by atoms with Gasteiger partial charge in [0.05, 0.1) is 11.2 Å². The molecular formula is C15H19BClNO2. The predicted octanol–water partition coefficient (Wildman–Crippen LogP) is 2.36. The van der Waals surface area contributed by atoms with Crippen molar-refractivity contribution >= 4 is 24.2 Å². The highest BCUT2D eigenvalue weighted by molar-refractivity contribution is 6.62. The summed E-state index contributed by atoms with van der Waals surface area (Å²) in [7, 11) is -0.377. The van der Waals surface area contributed by atoms with Gasteiger partial charge in [-0.05, 0) is 39.7 Å². The largest absolute Gasteiger partial charge is 0.496 e. The summed E-state index contributed by atoms with van der Waals surface area (Å²) in [6.45, 7) is 8.14. The van der Waals surface area contributed by atoms with Gasteiger partial charge in [-0.1, -0.05) is 12.0 Å². The maximum atomic E-state index is 5.97. The van der Waals surface area contributed by atoms with Crippen molar-refractivity contribution in [1.29, 1.82) is 0 Å². The summed E-state index contributed by atoms with van der Waals surface area (Å²) in [5.74, 6) is 6.47. The van der Waals surface area contributed by atoms with Crippen molar-refractivity contribution in [2.45, 2.75) is 45.3 Å². The Labute approximate surface area is 126 Å². The molecule has 0 aliphatic carbocycles. The maximum Gasteiger partial charge on any atom is 0.496 e. The minimum atomic E-state index is -0.377. The van der Waals surface area contributed by atoms with Crippen molar-refractivity contribution < 1.29 is 9.31 Å². The maximum absolute atomic E-state index is 5.97. The Hall–Kier alpha value is -1.02. The molecule has 106 valence electrons. The van der Waals surface area contributed by atoms with Gasteiger partial charge < -0.3 is 9.31 Å². The van der Waals surface area contributed by atoms with Gasteiger partial charge in [-0.3, -0.25) is 0 Å². The van der Waals surface area contributed by atoms with E-state index in [4.69, 9.17) is 20.9 Å². The van der Waals surface area contributed by atoms with Crippen molar-refractivity contribution in [3.8, 4) is 11.8 Å². The number of nitrogens with zero attached hydrogens (tertiary/aromatic N) is 1. The zero-order valence-corrected chi connectivity index (χ0v) is 13.1. The van der Waals surface area contributed by atoms with Gasteiger partial charge in [0.25, 0.3) is 0 Å². The first-order chi connectivity index (χ1) is 9.36. The number of aromatic nitrogens is 1. The Morgan fingerprint density at radius 1 is 1.20 bits per heavy atom. The van der Waals surface area contributed by atoms with Crippen LogP contribution in [0.25, 0.3) is 0 Å². The first-order valence-corrected chi connectivity index (χ1v) is 7.25. The zero-order chi connectivity index (χ0) is 14.8. The number of hydrogen-bond acceptors (Lipinski definition) is 3. The van der Waals surface area contributed by atoms with E-state index >= 15 is 0 Å². The molecule has 0 saturated carbocycles. The molecule has 2 rings (SSSR count). The van der Waals surface area contributed by atoms with Crippen molar-refractivity contribution in [3.05, 3.63) is 24.0 Å². The van der Waals surface area contributed by atoms with E-state index in [0.717, 1.165) is 11.2 Å². The van der Waals surface area contributed by atoms with Crippen LogP contribution in [0.5, 0.6) is 0 Å². The van der Waals surface area contributed by atoms with Gasteiger partial charge in [-0.25, -0.2) is 4.98 Å². The van der Waals surface area contributed by atoms with Crippen LogP contribution < -0.4 is 5.46 Å². The second-order valence-electron chi connectivity index (χ2n) is 5.81. The van der Waals surface area contributed by atoms with Crippen LogP contribution in [-0.4, -0.2) is 29.2 Å². The van der Waals surface area contributed by atoms with E-state index in [2.05, 4.69) is 16.8 Å². The second-order valence-corrected chi connectivity index (χ2v) is 6.18. The zero-order valence-electron chi connectivity index (χ0n) is 12.4. The smallest absolute Gasteiger partial charge is 0.399 e. The van der Waals surface area contributed by atoms with E-state index in [1.54, 1.807) is 6.20 Å². The second kappa shape index (κ2) is 5.77. The Kier molecular flexibility index (Phi) is 4.44. The molecule has 0 radical (unpaired) electrons. The van der Waals surface area contributed by atoms with Gasteiger partial charge in [0.1, 0.15) is 5.69 Å². The molecule has 0 aromatic carbocycles. The van der Waals surface area contributed by atoms with E-state index in [1.165, 1.54) is 0 Å². The lowest BCUT2D eigenvalue weighted by Crippen LogP contribution is -2.41. The molecule has 2 heterocycles. The minimum absolute atomic E-state index is 0.337. The van der Waals surface area contributed by atoms with E-state index in [1.807, 2.05) is 39.8 Å². The summed E-state index contributed by atoms with van der Waals surface area (Å²) in [5.41, 5.74) is 0.967. The number of rotatable bonds is 2. The average Bonchev–Trinajstić information content (AvgIpc) is 2.60. The number of pyridine rings is 1. The predicted molar refractivity (Wildman–Crippen MR) is 82.2 cm³/mol. The molecule has 20 heavy (non-hydrogen) atoms. The molecule has 0 unspecified atom stereocenters. The topological polar surface area (TPSA) is 31.4 Å². The lowest BCUT2D eigenvalue weighted by molar-refractivity contribution is 0.00578. The van der Waals surface area contributed by atoms with E-state index in [0.29, 0.717) is 12.3 Å². The molecule has 3 nitrogen and oxygen atoms in total. The Balaban J connectivity index is 2.11. The quantitative estimate of drug-likeness (QED) is 0.476. The van der Waals surface area contributed by atoms with Crippen LogP contribution in [0.15, 0.2) is 18.3 Å². The van der Waals surface area contributed by atoms with Crippen molar-refractivity contribution in [2.75, 3.05) is 5.88 Å². The fraction of sp³-hybridized carbons (Fsp3) is 0.533. The summed E-state index contributed by atoms with van der Waals surface area (Å²) in [5, 5.41) is 0. The molecular weight excluding hydrogens is 272 g/mol. The highest BCUT2D eigenvalue weighted by Crippen LogP contribution is 2.36.